The Labute approximate surface area is 179 Å². The van der Waals surface area contributed by atoms with Gasteiger partial charge >= 0.3 is 6.03 Å². The van der Waals surface area contributed by atoms with Crippen molar-refractivity contribution in [2.45, 2.75) is 6.42 Å². The molecule has 3 rings (SSSR count). The number of urea groups is 1. The molecule has 0 atom stereocenters. The molecule has 1 saturated heterocycles. The monoisotopic (exact) mass is 430 g/mol. The topological polar surface area (TPSA) is 105 Å². The fourth-order valence-electron chi connectivity index (χ4n) is 3.11. The molecule has 0 radical (unpaired) electrons. The minimum Gasteiger partial charge on any atom is -0.484 e. The number of rotatable bonds is 5. The van der Waals surface area contributed by atoms with E-state index in [9.17, 15) is 14.4 Å². The molecular weight excluding hydrogens is 408 g/mol. The Bertz CT molecular complexity index is 937. The minimum absolute atomic E-state index is 0.156. The van der Waals surface area contributed by atoms with Gasteiger partial charge in [0.15, 0.2) is 6.61 Å². The third-order valence-corrected chi connectivity index (χ3v) is 4.93. The second-order valence-electron chi connectivity index (χ2n) is 6.84. The van der Waals surface area contributed by atoms with E-state index in [2.05, 4.69) is 5.32 Å². The van der Waals surface area contributed by atoms with Gasteiger partial charge in [-0.2, -0.15) is 0 Å². The van der Waals surface area contributed by atoms with E-state index in [0.29, 0.717) is 54.6 Å². The number of nitrogens with one attached hydrogen (secondary N) is 1. The number of hydrogen-bond donors (Lipinski definition) is 2. The van der Waals surface area contributed by atoms with Gasteiger partial charge in [0.2, 0.25) is 5.91 Å². The van der Waals surface area contributed by atoms with Crippen molar-refractivity contribution in [1.82, 2.24) is 9.80 Å². The maximum Gasteiger partial charge on any atom is 0.321 e. The van der Waals surface area contributed by atoms with Crippen molar-refractivity contribution in [3.05, 3.63) is 59.1 Å². The number of carbonyl (C=O) groups is 3. The summed E-state index contributed by atoms with van der Waals surface area (Å²) in [6.07, 6.45) is 0.659. The zero-order valence-corrected chi connectivity index (χ0v) is 17.1. The summed E-state index contributed by atoms with van der Waals surface area (Å²) in [5.41, 5.74) is 6.19. The molecule has 3 N–H and O–H groups in total. The molecule has 1 heterocycles. The fourth-order valence-corrected chi connectivity index (χ4v) is 3.30. The summed E-state index contributed by atoms with van der Waals surface area (Å²) in [6.45, 7) is 1.74. The molecule has 0 saturated carbocycles. The lowest BCUT2D eigenvalue weighted by Crippen LogP contribution is -2.40. The zero-order valence-electron chi connectivity index (χ0n) is 16.3. The number of nitrogens with zero attached hydrogens (tertiary/aromatic N) is 2. The molecule has 0 bridgehead atoms. The normalized spacial score (nSPS) is 14.0. The molecule has 30 heavy (non-hydrogen) atoms. The number of ether oxygens (including phenoxy) is 1. The predicted molar refractivity (Wildman–Crippen MR) is 114 cm³/mol. The van der Waals surface area contributed by atoms with Crippen LogP contribution in [0, 0.1) is 0 Å². The third kappa shape index (κ3) is 5.87. The van der Waals surface area contributed by atoms with Crippen LogP contribution in [0.2, 0.25) is 5.02 Å². The maximum atomic E-state index is 12.5. The van der Waals surface area contributed by atoms with E-state index in [1.165, 1.54) is 6.07 Å². The van der Waals surface area contributed by atoms with Crippen LogP contribution < -0.4 is 15.8 Å². The van der Waals surface area contributed by atoms with Crippen LogP contribution in [0.25, 0.3) is 0 Å². The lowest BCUT2D eigenvalue weighted by Gasteiger charge is -2.22. The molecular formula is C21H23ClN4O4. The standard InChI is InChI=1S/C21H23ClN4O4/c22-16-5-2-6-17(13-16)24-21(29)26-9-3-8-25(10-11-26)19(27)14-30-18-7-1-4-15(12-18)20(23)28/h1-2,4-7,12-13H,3,8-11,14H2,(H2,23,28)(H,24,29). The summed E-state index contributed by atoms with van der Waals surface area (Å²) < 4.78 is 5.51. The van der Waals surface area contributed by atoms with Crippen molar-refractivity contribution in [3.63, 3.8) is 0 Å². The van der Waals surface area contributed by atoms with Gasteiger partial charge in [0.25, 0.3) is 5.91 Å². The Morgan fingerprint density at radius 3 is 2.50 bits per heavy atom. The Morgan fingerprint density at radius 2 is 1.73 bits per heavy atom. The van der Waals surface area contributed by atoms with Crippen LogP contribution in [0.4, 0.5) is 10.5 Å². The molecule has 1 aliphatic rings. The highest BCUT2D eigenvalue weighted by atomic mass is 35.5. The van der Waals surface area contributed by atoms with Crippen molar-refractivity contribution < 1.29 is 19.1 Å². The molecule has 0 unspecified atom stereocenters. The number of primary amides is 1. The highest BCUT2D eigenvalue weighted by Gasteiger charge is 2.22. The quantitative estimate of drug-likeness (QED) is 0.760. The second kappa shape index (κ2) is 9.98. The first kappa shape index (κ1) is 21.4. The molecule has 9 heteroatoms. The maximum absolute atomic E-state index is 12.5. The van der Waals surface area contributed by atoms with E-state index in [1.807, 2.05) is 0 Å². The van der Waals surface area contributed by atoms with E-state index >= 15 is 0 Å². The van der Waals surface area contributed by atoms with Crippen LogP contribution >= 0.6 is 11.6 Å². The van der Waals surface area contributed by atoms with Crippen molar-refractivity contribution in [2.75, 3.05) is 38.1 Å². The van der Waals surface area contributed by atoms with Gasteiger partial charge in [-0.3, -0.25) is 9.59 Å². The first-order chi connectivity index (χ1) is 14.4. The van der Waals surface area contributed by atoms with Crippen molar-refractivity contribution in [3.8, 4) is 5.75 Å². The molecule has 0 aromatic heterocycles. The van der Waals surface area contributed by atoms with Crippen LogP contribution in [0.1, 0.15) is 16.8 Å². The predicted octanol–water partition coefficient (Wildman–Crippen LogP) is 2.58. The van der Waals surface area contributed by atoms with Crippen LogP contribution in [-0.2, 0) is 4.79 Å². The Kier molecular flexibility index (Phi) is 7.13. The van der Waals surface area contributed by atoms with Crippen LogP contribution in [0.3, 0.4) is 0 Å². The number of amides is 4. The van der Waals surface area contributed by atoms with Crippen molar-refractivity contribution >= 4 is 35.1 Å². The molecule has 158 valence electrons. The second-order valence-corrected chi connectivity index (χ2v) is 7.28. The molecule has 1 aliphatic heterocycles. The molecule has 1 fully saturated rings. The summed E-state index contributed by atoms with van der Waals surface area (Å²) >= 11 is 5.95. The van der Waals surface area contributed by atoms with E-state index < -0.39 is 5.91 Å². The van der Waals surface area contributed by atoms with Gasteiger partial charge in [-0.1, -0.05) is 23.7 Å². The summed E-state index contributed by atoms with van der Waals surface area (Å²) in [6, 6.07) is 13.1. The molecule has 4 amide bonds. The number of carbonyl (C=O) groups excluding carboxylic acids is 3. The number of nitrogens with two attached hydrogens (primary N) is 1. The largest absolute Gasteiger partial charge is 0.484 e. The number of benzene rings is 2. The van der Waals surface area contributed by atoms with E-state index in [0.717, 1.165) is 0 Å². The van der Waals surface area contributed by atoms with Crippen molar-refractivity contribution in [2.24, 2.45) is 5.73 Å². The van der Waals surface area contributed by atoms with E-state index in [1.54, 1.807) is 52.3 Å². The lowest BCUT2D eigenvalue weighted by molar-refractivity contribution is -0.133. The van der Waals surface area contributed by atoms with Gasteiger partial charge in [0, 0.05) is 42.5 Å². The first-order valence-electron chi connectivity index (χ1n) is 9.54. The highest BCUT2D eigenvalue weighted by Crippen LogP contribution is 2.16. The molecule has 0 aliphatic carbocycles. The molecule has 8 nitrogen and oxygen atoms in total. The number of anilines is 1. The lowest BCUT2D eigenvalue weighted by atomic mass is 10.2. The summed E-state index contributed by atoms with van der Waals surface area (Å²) in [4.78, 5) is 39.6. The summed E-state index contributed by atoms with van der Waals surface area (Å²) in [5.74, 6) is -0.344. The Morgan fingerprint density at radius 1 is 1.00 bits per heavy atom. The van der Waals surface area contributed by atoms with Crippen LogP contribution in [-0.4, -0.2) is 60.4 Å². The van der Waals surface area contributed by atoms with E-state index in [-0.39, 0.29) is 18.5 Å². The summed E-state index contributed by atoms with van der Waals surface area (Å²) in [7, 11) is 0. The highest BCUT2D eigenvalue weighted by molar-refractivity contribution is 6.30. The van der Waals surface area contributed by atoms with Gasteiger partial charge in [0.1, 0.15) is 5.75 Å². The molecule has 2 aromatic carbocycles. The number of hydrogen-bond acceptors (Lipinski definition) is 4. The fraction of sp³-hybridized carbons (Fsp3) is 0.286. The minimum atomic E-state index is -0.560. The zero-order chi connectivity index (χ0) is 21.5. The first-order valence-corrected chi connectivity index (χ1v) is 9.92. The van der Waals surface area contributed by atoms with Crippen LogP contribution in [0.5, 0.6) is 5.75 Å². The average Bonchev–Trinajstić information content (AvgIpc) is 2.99. The van der Waals surface area contributed by atoms with Crippen LogP contribution in [0.15, 0.2) is 48.5 Å². The van der Waals surface area contributed by atoms with Gasteiger partial charge in [-0.05, 0) is 42.8 Å². The van der Waals surface area contributed by atoms with Crippen molar-refractivity contribution in [1.29, 1.82) is 0 Å². The molecule has 2 aromatic rings. The van der Waals surface area contributed by atoms with Gasteiger partial charge in [-0.15, -0.1) is 0 Å². The third-order valence-electron chi connectivity index (χ3n) is 4.69. The van der Waals surface area contributed by atoms with Gasteiger partial charge in [0.05, 0.1) is 0 Å². The SMILES string of the molecule is NC(=O)c1cccc(OCC(=O)N2CCCN(C(=O)Nc3cccc(Cl)c3)CC2)c1. The number of halogens is 1. The smallest absolute Gasteiger partial charge is 0.321 e. The Hall–Kier alpha value is -3.26. The van der Waals surface area contributed by atoms with Gasteiger partial charge in [-0.25, -0.2) is 4.79 Å². The Balaban J connectivity index is 1.50. The van der Waals surface area contributed by atoms with E-state index in [4.69, 9.17) is 22.1 Å². The van der Waals surface area contributed by atoms with Gasteiger partial charge < -0.3 is 25.6 Å². The molecule has 0 spiro atoms. The average molecular weight is 431 g/mol. The summed E-state index contributed by atoms with van der Waals surface area (Å²) in [5, 5.41) is 3.37.